The quantitative estimate of drug-likeness (QED) is 0.721. The Bertz CT molecular complexity index is 892. The van der Waals surface area contributed by atoms with Crippen LogP contribution in [0.3, 0.4) is 0 Å². The molecule has 1 amide bonds. The van der Waals surface area contributed by atoms with E-state index in [1.54, 1.807) is 24.4 Å². The molecule has 2 aliphatic rings. The van der Waals surface area contributed by atoms with Crippen molar-refractivity contribution < 1.29 is 24.5 Å². The Morgan fingerprint density at radius 1 is 1.30 bits per heavy atom. The van der Waals surface area contributed by atoms with Crippen LogP contribution in [0.5, 0.6) is 17.2 Å². The maximum absolute atomic E-state index is 11.7. The average molecular weight is 370 g/mol. The largest absolute Gasteiger partial charge is 0.508 e. The number of phenols is 1. The van der Waals surface area contributed by atoms with Crippen molar-refractivity contribution in [1.29, 1.82) is 0 Å². The number of carbonyl (C=O) groups is 1. The average Bonchev–Trinajstić information content (AvgIpc) is 3.28. The lowest BCUT2D eigenvalue weighted by molar-refractivity contribution is -0.115. The van der Waals surface area contributed by atoms with Gasteiger partial charge < -0.3 is 25.0 Å². The predicted octanol–water partition coefficient (Wildman–Crippen LogP) is 2.28. The van der Waals surface area contributed by atoms with Crippen LogP contribution < -0.4 is 14.8 Å². The van der Waals surface area contributed by atoms with E-state index < -0.39 is 5.41 Å². The number of ether oxygens (including phenoxy) is 2. The van der Waals surface area contributed by atoms with Gasteiger partial charge in [0.25, 0.3) is 0 Å². The summed E-state index contributed by atoms with van der Waals surface area (Å²) in [6.45, 7) is 1.98. The standard InChI is InChI=1S/C20H22N2O5/c1-2-20(10-23,13-8-17-18(9-16(13)24)27-11-26-17)5-3-14-12-7-19(25)22-15(12)4-6-21-14/h4,6,8-9,23-24H,2-3,5,7,10-11H2,1H3,(H,22,25). The Balaban J connectivity index is 1.65. The highest BCUT2D eigenvalue weighted by Crippen LogP contribution is 2.45. The molecule has 2 aliphatic heterocycles. The van der Waals surface area contributed by atoms with Crippen LogP contribution in [0.4, 0.5) is 5.69 Å². The van der Waals surface area contributed by atoms with E-state index in [2.05, 4.69) is 10.3 Å². The second kappa shape index (κ2) is 6.74. The molecule has 4 rings (SSSR count). The zero-order valence-electron chi connectivity index (χ0n) is 15.1. The van der Waals surface area contributed by atoms with Crippen LogP contribution in [0.2, 0.25) is 0 Å². The number of fused-ring (bicyclic) bond motifs is 2. The van der Waals surface area contributed by atoms with Crippen molar-refractivity contribution in [2.45, 2.75) is 38.0 Å². The number of aromatic nitrogens is 1. The molecular formula is C20H22N2O5. The lowest BCUT2D eigenvalue weighted by Crippen LogP contribution is -2.31. The molecule has 1 atom stereocenters. The second-order valence-electron chi connectivity index (χ2n) is 7.02. The molecule has 142 valence electrons. The second-order valence-corrected chi connectivity index (χ2v) is 7.02. The number of nitrogens with zero attached hydrogens (tertiary/aromatic N) is 1. The fourth-order valence-electron chi connectivity index (χ4n) is 3.91. The molecule has 7 heteroatoms. The molecule has 1 aromatic carbocycles. The highest BCUT2D eigenvalue weighted by molar-refractivity contribution is 5.99. The zero-order chi connectivity index (χ0) is 19.0. The third-order valence-electron chi connectivity index (χ3n) is 5.64. The number of phenolic OH excluding ortho intramolecular Hbond substituents is 1. The van der Waals surface area contributed by atoms with Crippen LogP contribution in [0.25, 0.3) is 0 Å². The van der Waals surface area contributed by atoms with Gasteiger partial charge in [0.05, 0.1) is 13.0 Å². The molecule has 27 heavy (non-hydrogen) atoms. The number of aliphatic hydroxyl groups excluding tert-OH is 1. The molecule has 7 nitrogen and oxygen atoms in total. The van der Waals surface area contributed by atoms with Gasteiger partial charge in [-0.2, -0.15) is 0 Å². The summed E-state index contributed by atoms with van der Waals surface area (Å²) in [6, 6.07) is 5.09. The molecular weight excluding hydrogens is 348 g/mol. The summed E-state index contributed by atoms with van der Waals surface area (Å²) in [4.78, 5) is 16.2. The van der Waals surface area contributed by atoms with Crippen LogP contribution in [0.15, 0.2) is 24.4 Å². The van der Waals surface area contributed by atoms with Crippen LogP contribution >= 0.6 is 0 Å². The minimum absolute atomic E-state index is 0.0309. The SMILES string of the molecule is CCC(CO)(CCc1nccc2c1CC(=O)N2)c1cc2c(cc1O)OCO2. The van der Waals surface area contributed by atoms with E-state index in [4.69, 9.17) is 9.47 Å². The summed E-state index contributed by atoms with van der Waals surface area (Å²) in [7, 11) is 0. The maximum Gasteiger partial charge on any atom is 0.231 e. The number of hydrogen-bond acceptors (Lipinski definition) is 6. The van der Waals surface area contributed by atoms with Crippen LogP contribution in [0.1, 0.15) is 36.6 Å². The number of amides is 1. The summed E-state index contributed by atoms with van der Waals surface area (Å²) in [5.74, 6) is 1.13. The van der Waals surface area contributed by atoms with Crippen molar-refractivity contribution >= 4 is 11.6 Å². The lowest BCUT2D eigenvalue weighted by Gasteiger charge is -2.32. The number of carbonyl (C=O) groups excluding carboxylic acids is 1. The summed E-state index contributed by atoms with van der Waals surface area (Å²) in [6.07, 6.45) is 3.80. The number of nitrogens with one attached hydrogen (secondary N) is 1. The fourth-order valence-corrected chi connectivity index (χ4v) is 3.91. The molecule has 0 saturated heterocycles. The minimum atomic E-state index is -0.647. The number of benzene rings is 1. The fraction of sp³-hybridized carbons (Fsp3) is 0.400. The number of anilines is 1. The molecule has 3 N–H and O–H groups in total. The van der Waals surface area contributed by atoms with E-state index in [1.165, 1.54) is 0 Å². The van der Waals surface area contributed by atoms with Gasteiger partial charge in [0.2, 0.25) is 12.7 Å². The summed E-state index contributed by atoms with van der Waals surface area (Å²) < 4.78 is 10.8. The van der Waals surface area contributed by atoms with Gasteiger partial charge in [0.15, 0.2) is 11.5 Å². The van der Waals surface area contributed by atoms with E-state index in [-0.39, 0.29) is 25.1 Å². The van der Waals surface area contributed by atoms with Gasteiger partial charge in [-0.25, -0.2) is 0 Å². The first-order valence-corrected chi connectivity index (χ1v) is 9.07. The molecule has 3 heterocycles. The van der Waals surface area contributed by atoms with Gasteiger partial charge in [0, 0.05) is 40.2 Å². The molecule has 0 spiro atoms. The summed E-state index contributed by atoms with van der Waals surface area (Å²) >= 11 is 0. The first-order valence-electron chi connectivity index (χ1n) is 9.07. The van der Waals surface area contributed by atoms with E-state index >= 15 is 0 Å². The first kappa shape index (κ1) is 17.6. The van der Waals surface area contributed by atoms with Gasteiger partial charge in [-0.3, -0.25) is 9.78 Å². The van der Waals surface area contributed by atoms with E-state index in [0.717, 1.165) is 16.9 Å². The highest BCUT2D eigenvalue weighted by Gasteiger charge is 2.35. The highest BCUT2D eigenvalue weighted by atomic mass is 16.7. The number of aliphatic hydroxyl groups is 1. The molecule has 0 bridgehead atoms. The van der Waals surface area contributed by atoms with Crippen LogP contribution in [-0.4, -0.2) is 34.5 Å². The Morgan fingerprint density at radius 2 is 2.07 bits per heavy atom. The third kappa shape index (κ3) is 2.98. The van der Waals surface area contributed by atoms with Crippen molar-refractivity contribution in [2.24, 2.45) is 0 Å². The first-order chi connectivity index (χ1) is 13.1. The molecule has 0 aliphatic carbocycles. The molecule has 0 saturated carbocycles. The Hall–Kier alpha value is -2.80. The van der Waals surface area contributed by atoms with E-state index in [1.807, 2.05) is 6.92 Å². The van der Waals surface area contributed by atoms with Crippen molar-refractivity contribution in [3.63, 3.8) is 0 Å². The predicted molar refractivity (Wildman–Crippen MR) is 98.2 cm³/mol. The van der Waals surface area contributed by atoms with Crippen LogP contribution in [0, 0.1) is 0 Å². The van der Waals surface area contributed by atoms with Gasteiger partial charge >= 0.3 is 0 Å². The normalized spacial score (nSPS) is 16.7. The van der Waals surface area contributed by atoms with Gasteiger partial charge in [-0.05, 0) is 31.4 Å². The van der Waals surface area contributed by atoms with E-state index in [0.29, 0.717) is 42.7 Å². The van der Waals surface area contributed by atoms with Crippen molar-refractivity contribution in [3.8, 4) is 17.2 Å². The Morgan fingerprint density at radius 3 is 2.81 bits per heavy atom. The van der Waals surface area contributed by atoms with Gasteiger partial charge in [0.1, 0.15) is 5.75 Å². The maximum atomic E-state index is 11.7. The topological polar surface area (TPSA) is 101 Å². The van der Waals surface area contributed by atoms with Crippen LogP contribution in [-0.2, 0) is 23.1 Å². The molecule has 0 fully saturated rings. The molecule has 2 aromatic rings. The zero-order valence-corrected chi connectivity index (χ0v) is 15.1. The van der Waals surface area contributed by atoms with Crippen molar-refractivity contribution in [1.82, 2.24) is 4.98 Å². The minimum Gasteiger partial charge on any atom is -0.508 e. The van der Waals surface area contributed by atoms with Gasteiger partial charge in [-0.1, -0.05) is 6.92 Å². The summed E-state index contributed by atoms with van der Waals surface area (Å²) in [5.41, 5.74) is 2.56. The lowest BCUT2D eigenvalue weighted by atomic mass is 9.74. The number of pyridine rings is 1. The number of rotatable bonds is 6. The van der Waals surface area contributed by atoms with Gasteiger partial charge in [-0.15, -0.1) is 0 Å². The van der Waals surface area contributed by atoms with Crippen molar-refractivity contribution in [2.75, 3.05) is 18.7 Å². The number of hydrogen-bond donors (Lipinski definition) is 3. The molecule has 1 unspecified atom stereocenters. The number of aryl methyl sites for hydroxylation is 1. The third-order valence-corrected chi connectivity index (χ3v) is 5.64. The smallest absolute Gasteiger partial charge is 0.231 e. The van der Waals surface area contributed by atoms with Crippen molar-refractivity contribution in [3.05, 3.63) is 41.2 Å². The molecule has 1 aromatic heterocycles. The monoisotopic (exact) mass is 370 g/mol. The van der Waals surface area contributed by atoms with E-state index in [9.17, 15) is 15.0 Å². The Kier molecular flexibility index (Phi) is 4.39. The number of aromatic hydroxyl groups is 1. The molecule has 0 radical (unpaired) electrons. The summed E-state index contributed by atoms with van der Waals surface area (Å²) in [5, 5.41) is 23.6. The Labute approximate surface area is 157 Å².